The Balaban J connectivity index is 1.67. The minimum absolute atomic E-state index is 0.0741. The van der Waals surface area contributed by atoms with Gasteiger partial charge in [-0.2, -0.15) is 5.10 Å². The van der Waals surface area contributed by atoms with Gasteiger partial charge in [-0.25, -0.2) is 0 Å². The predicted molar refractivity (Wildman–Crippen MR) is 95.0 cm³/mol. The number of rotatable bonds is 3. The van der Waals surface area contributed by atoms with E-state index in [4.69, 9.17) is 4.74 Å². The lowest BCUT2D eigenvalue weighted by atomic mass is 10.00. The number of morpholine rings is 1. The van der Waals surface area contributed by atoms with E-state index >= 15 is 0 Å². The molecular weight excluding hydrogens is 302 g/mol. The molecule has 1 atom stereocenters. The van der Waals surface area contributed by atoms with Crippen LogP contribution in [0, 0.1) is 13.8 Å². The maximum absolute atomic E-state index is 6.02. The van der Waals surface area contributed by atoms with Crippen molar-refractivity contribution in [3.05, 3.63) is 52.8 Å². The Morgan fingerprint density at radius 3 is 3.00 bits per heavy atom. The minimum atomic E-state index is 0.0741. The zero-order valence-electron chi connectivity index (χ0n) is 14.5. The summed E-state index contributed by atoms with van der Waals surface area (Å²) in [5.74, 6) is 0.891. The van der Waals surface area contributed by atoms with Crippen LogP contribution >= 0.6 is 0 Å². The fraction of sp³-hybridized carbons (Fsp3) is 0.444. The number of aromatic amines is 1. The molecule has 0 saturated carbocycles. The van der Waals surface area contributed by atoms with Crippen LogP contribution < -0.4 is 5.32 Å². The number of aromatic nitrogens is 2. The fourth-order valence-corrected chi connectivity index (χ4v) is 3.11. The van der Waals surface area contributed by atoms with Crippen molar-refractivity contribution in [3.63, 3.8) is 0 Å². The quantitative estimate of drug-likeness (QED) is 0.670. The number of guanidine groups is 1. The van der Waals surface area contributed by atoms with E-state index in [0.717, 1.165) is 24.7 Å². The highest BCUT2D eigenvalue weighted by Gasteiger charge is 2.25. The first-order valence-electron chi connectivity index (χ1n) is 8.30. The summed E-state index contributed by atoms with van der Waals surface area (Å²) in [7, 11) is 1.82. The fourth-order valence-electron chi connectivity index (χ4n) is 3.11. The predicted octanol–water partition coefficient (Wildman–Crippen LogP) is 2.18. The van der Waals surface area contributed by atoms with E-state index in [1.54, 1.807) is 6.20 Å². The largest absolute Gasteiger partial charge is 0.370 e. The second-order valence-electron chi connectivity index (χ2n) is 6.15. The lowest BCUT2D eigenvalue weighted by Gasteiger charge is -2.35. The molecule has 1 aliphatic rings. The molecule has 0 bridgehead atoms. The van der Waals surface area contributed by atoms with Gasteiger partial charge in [0, 0.05) is 19.8 Å². The topological polar surface area (TPSA) is 65.5 Å². The van der Waals surface area contributed by atoms with Crippen molar-refractivity contribution in [3.8, 4) is 0 Å². The van der Waals surface area contributed by atoms with Gasteiger partial charge in [0.2, 0.25) is 0 Å². The summed E-state index contributed by atoms with van der Waals surface area (Å²) >= 11 is 0. The number of aliphatic imine (C=N–C) groups is 1. The van der Waals surface area contributed by atoms with Gasteiger partial charge in [-0.15, -0.1) is 0 Å². The van der Waals surface area contributed by atoms with E-state index < -0.39 is 0 Å². The summed E-state index contributed by atoms with van der Waals surface area (Å²) in [5.41, 5.74) is 4.85. The molecule has 0 amide bonds. The Bertz CT molecular complexity index is 695. The number of nitrogens with zero attached hydrogens (tertiary/aromatic N) is 3. The first-order chi connectivity index (χ1) is 11.7. The molecule has 1 aromatic heterocycles. The van der Waals surface area contributed by atoms with Gasteiger partial charge in [-0.05, 0) is 31.0 Å². The van der Waals surface area contributed by atoms with Gasteiger partial charge < -0.3 is 15.0 Å². The molecule has 1 fully saturated rings. The molecule has 3 rings (SSSR count). The molecule has 0 aliphatic carbocycles. The third-order valence-electron chi connectivity index (χ3n) is 4.35. The third kappa shape index (κ3) is 3.76. The number of ether oxygens (including phenoxy) is 1. The molecule has 24 heavy (non-hydrogen) atoms. The van der Waals surface area contributed by atoms with Crippen LogP contribution in [0.4, 0.5) is 0 Å². The highest BCUT2D eigenvalue weighted by molar-refractivity contribution is 5.80. The lowest BCUT2D eigenvalue weighted by Crippen LogP contribution is -2.48. The minimum Gasteiger partial charge on any atom is -0.370 e. The monoisotopic (exact) mass is 327 g/mol. The molecular formula is C18H25N5O. The lowest BCUT2D eigenvalue weighted by molar-refractivity contribution is -0.00834. The third-order valence-corrected chi connectivity index (χ3v) is 4.35. The van der Waals surface area contributed by atoms with Crippen molar-refractivity contribution >= 4 is 5.96 Å². The van der Waals surface area contributed by atoms with Crippen molar-refractivity contribution in [2.45, 2.75) is 26.5 Å². The van der Waals surface area contributed by atoms with Crippen LogP contribution in [0.2, 0.25) is 0 Å². The van der Waals surface area contributed by atoms with Gasteiger partial charge in [0.05, 0.1) is 25.4 Å². The summed E-state index contributed by atoms with van der Waals surface area (Å²) in [6, 6.07) is 8.50. The highest BCUT2D eigenvalue weighted by Crippen LogP contribution is 2.25. The van der Waals surface area contributed by atoms with E-state index in [-0.39, 0.29) is 6.10 Å². The maximum atomic E-state index is 6.02. The molecule has 2 N–H and O–H groups in total. The number of hydrogen-bond acceptors (Lipinski definition) is 3. The smallest absolute Gasteiger partial charge is 0.194 e. The Labute approximate surface area is 142 Å². The van der Waals surface area contributed by atoms with Crippen molar-refractivity contribution in [1.82, 2.24) is 20.4 Å². The molecule has 1 aliphatic heterocycles. The van der Waals surface area contributed by atoms with Crippen molar-refractivity contribution in [1.29, 1.82) is 0 Å². The average Bonchev–Trinajstić information content (AvgIpc) is 3.09. The molecule has 2 aromatic rings. The van der Waals surface area contributed by atoms with Gasteiger partial charge in [-0.3, -0.25) is 10.1 Å². The number of hydrogen-bond donors (Lipinski definition) is 2. The van der Waals surface area contributed by atoms with Crippen LogP contribution in [0.25, 0.3) is 0 Å². The molecule has 6 heteroatoms. The van der Waals surface area contributed by atoms with Gasteiger partial charge in [-0.1, -0.05) is 23.8 Å². The van der Waals surface area contributed by atoms with E-state index in [0.29, 0.717) is 13.2 Å². The summed E-state index contributed by atoms with van der Waals surface area (Å²) in [6.45, 7) is 7.28. The number of nitrogens with one attached hydrogen (secondary N) is 2. The van der Waals surface area contributed by atoms with E-state index in [1.807, 2.05) is 13.1 Å². The van der Waals surface area contributed by atoms with Crippen molar-refractivity contribution in [2.75, 3.05) is 26.7 Å². The van der Waals surface area contributed by atoms with E-state index in [9.17, 15) is 0 Å². The molecule has 6 nitrogen and oxygen atoms in total. The Morgan fingerprint density at radius 1 is 1.42 bits per heavy atom. The molecule has 0 radical (unpaired) electrons. The maximum Gasteiger partial charge on any atom is 0.194 e. The number of H-pyrrole nitrogens is 1. The van der Waals surface area contributed by atoms with Crippen LogP contribution in [-0.4, -0.2) is 47.8 Å². The molecule has 0 spiro atoms. The second kappa shape index (κ2) is 7.49. The van der Waals surface area contributed by atoms with Crippen LogP contribution in [0.3, 0.4) is 0 Å². The Morgan fingerprint density at radius 2 is 2.29 bits per heavy atom. The van der Waals surface area contributed by atoms with Crippen molar-refractivity contribution in [2.24, 2.45) is 4.99 Å². The van der Waals surface area contributed by atoms with Crippen LogP contribution in [0.15, 0.2) is 35.5 Å². The van der Waals surface area contributed by atoms with Crippen LogP contribution in [-0.2, 0) is 11.3 Å². The zero-order chi connectivity index (χ0) is 16.9. The van der Waals surface area contributed by atoms with Gasteiger partial charge in [0.15, 0.2) is 5.96 Å². The van der Waals surface area contributed by atoms with Crippen LogP contribution in [0.5, 0.6) is 0 Å². The zero-order valence-corrected chi connectivity index (χ0v) is 14.5. The first-order valence-corrected chi connectivity index (χ1v) is 8.30. The molecule has 1 unspecified atom stereocenters. The number of benzene rings is 1. The molecule has 2 heterocycles. The van der Waals surface area contributed by atoms with Crippen molar-refractivity contribution < 1.29 is 4.74 Å². The van der Waals surface area contributed by atoms with Gasteiger partial charge in [0.1, 0.15) is 6.10 Å². The summed E-state index contributed by atoms with van der Waals surface area (Å²) < 4.78 is 6.02. The first kappa shape index (κ1) is 16.5. The normalized spacial score (nSPS) is 18.7. The standard InChI is InChI=1S/C18H25N5O/c1-13-4-5-16(14(2)10-13)17-12-23(8-9-24-17)18(19-3)20-11-15-6-7-21-22-15/h4-7,10,17H,8-9,11-12H2,1-3H3,(H,19,20)(H,21,22). The van der Waals surface area contributed by atoms with Crippen LogP contribution in [0.1, 0.15) is 28.5 Å². The van der Waals surface area contributed by atoms with Gasteiger partial charge in [0.25, 0.3) is 0 Å². The molecule has 128 valence electrons. The summed E-state index contributed by atoms with van der Waals surface area (Å²) in [5, 5.41) is 10.3. The second-order valence-corrected chi connectivity index (χ2v) is 6.15. The number of aryl methyl sites for hydroxylation is 2. The molecule has 1 aromatic carbocycles. The summed E-state index contributed by atoms with van der Waals surface area (Å²) in [4.78, 5) is 6.67. The van der Waals surface area contributed by atoms with E-state index in [2.05, 4.69) is 57.5 Å². The van der Waals surface area contributed by atoms with E-state index in [1.165, 1.54) is 16.7 Å². The van der Waals surface area contributed by atoms with Gasteiger partial charge >= 0.3 is 0 Å². The Kier molecular flexibility index (Phi) is 5.15. The SMILES string of the molecule is CN=C(NCc1ccn[nH]1)N1CCOC(c2ccc(C)cc2C)C1. The summed E-state index contributed by atoms with van der Waals surface area (Å²) in [6.07, 6.45) is 1.83. The average molecular weight is 327 g/mol. The molecule has 1 saturated heterocycles. The Hall–Kier alpha value is -2.34. The highest BCUT2D eigenvalue weighted by atomic mass is 16.5.